The van der Waals surface area contributed by atoms with Crippen LogP contribution in [-0.2, 0) is 9.53 Å². The molecule has 0 aliphatic carbocycles. The molecule has 1 atom stereocenters. The van der Waals surface area contributed by atoms with Gasteiger partial charge in [0.05, 0.1) is 6.61 Å². The first kappa shape index (κ1) is 12.1. The summed E-state index contributed by atoms with van der Waals surface area (Å²) in [4.78, 5) is 25.8. The van der Waals surface area contributed by atoms with Crippen LogP contribution in [0.5, 0.6) is 0 Å². The third kappa shape index (κ3) is 2.34. The van der Waals surface area contributed by atoms with Crippen molar-refractivity contribution in [3.63, 3.8) is 0 Å². The average Bonchev–Trinajstić information content (AvgIpc) is 2.87. The molecule has 1 aromatic heterocycles. The zero-order valence-corrected chi connectivity index (χ0v) is 10.4. The Morgan fingerprint density at radius 1 is 1.59 bits per heavy atom. The molecule has 2 rings (SSSR count). The Morgan fingerprint density at radius 2 is 2.35 bits per heavy atom. The van der Waals surface area contributed by atoms with Crippen LogP contribution in [0, 0.1) is 0 Å². The van der Waals surface area contributed by atoms with Gasteiger partial charge in [0.15, 0.2) is 5.54 Å². The number of H-pyrrole nitrogens is 1. The number of carbonyl (C=O) groups excluding carboxylic acids is 1. The zero-order chi connectivity index (χ0) is 12.5. The van der Waals surface area contributed by atoms with E-state index < -0.39 is 17.4 Å². The first-order valence-electron chi connectivity index (χ1n) is 5.01. The normalized spacial score (nSPS) is 23.6. The van der Waals surface area contributed by atoms with Gasteiger partial charge in [-0.1, -0.05) is 0 Å². The van der Waals surface area contributed by atoms with E-state index in [1.807, 2.05) is 0 Å². The van der Waals surface area contributed by atoms with E-state index in [9.17, 15) is 9.59 Å². The minimum atomic E-state index is -1.31. The van der Waals surface area contributed by atoms with Crippen LogP contribution < -0.4 is 5.32 Å². The van der Waals surface area contributed by atoms with Crippen molar-refractivity contribution in [2.24, 2.45) is 0 Å². The number of carboxylic acids is 1. The van der Waals surface area contributed by atoms with Crippen molar-refractivity contribution >= 4 is 27.8 Å². The van der Waals surface area contributed by atoms with Crippen LogP contribution in [0.1, 0.15) is 16.9 Å². The number of aromatic nitrogens is 1. The fourth-order valence-electron chi connectivity index (χ4n) is 1.67. The highest BCUT2D eigenvalue weighted by Gasteiger charge is 2.44. The number of hydrogen-bond donors (Lipinski definition) is 3. The standard InChI is InChI=1S/C10H11BrN2O4/c11-6-3-7(12-4-6)8(14)13-10(9(15)16)1-2-17-5-10/h3-4,12H,1-2,5H2,(H,13,14)(H,15,16). The zero-order valence-electron chi connectivity index (χ0n) is 8.83. The lowest BCUT2D eigenvalue weighted by atomic mass is 9.99. The summed E-state index contributed by atoms with van der Waals surface area (Å²) in [5, 5.41) is 11.7. The molecule has 0 saturated carbocycles. The maximum absolute atomic E-state index is 11.8. The number of halogens is 1. The van der Waals surface area contributed by atoms with E-state index >= 15 is 0 Å². The number of aliphatic carboxylic acids is 1. The van der Waals surface area contributed by atoms with Crippen molar-refractivity contribution in [1.29, 1.82) is 0 Å². The van der Waals surface area contributed by atoms with Crippen LogP contribution in [-0.4, -0.2) is 40.7 Å². The topological polar surface area (TPSA) is 91.4 Å². The van der Waals surface area contributed by atoms with E-state index in [2.05, 4.69) is 26.2 Å². The second-order valence-electron chi connectivity index (χ2n) is 3.88. The molecule has 17 heavy (non-hydrogen) atoms. The highest BCUT2D eigenvalue weighted by Crippen LogP contribution is 2.20. The Kier molecular flexibility index (Phi) is 3.21. The minimum absolute atomic E-state index is 0.00402. The van der Waals surface area contributed by atoms with E-state index in [0.717, 1.165) is 4.47 Å². The summed E-state index contributed by atoms with van der Waals surface area (Å²) in [6.45, 7) is 0.330. The first-order valence-corrected chi connectivity index (χ1v) is 5.80. The Labute approximate surface area is 105 Å². The predicted molar refractivity (Wildman–Crippen MR) is 61.8 cm³/mol. The third-order valence-electron chi connectivity index (χ3n) is 2.68. The second kappa shape index (κ2) is 4.50. The summed E-state index contributed by atoms with van der Waals surface area (Å²) in [6.07, 6.45) is 1.88. The van der Waals surface area contributed by atoms with Crippen molar-refractivity contribution in [3.05, 3.63) is 22.4 Å². The largest absolute Gasteiger partial charge is 0.479 e. The molecule has 1 saturated heterocycles. The molecule has 1 amide bonds. The molecule has 1 aromatic rings. The van der Waals surface area contributed by atoms with E-state index in [-0.39, 0.29) is 13.0 Å². The lowest BCUT2D eigenvalue weighted by Crippen LogP contribution is -2.55. The summed E-state index contributed by atoms with van der Waals surface area (Å²) in [5.74, 6) is -1.53. The molecule has 3 N–H and O–H groups in total. The van der Waals surface area contributed by atoms with Gasteiger partial charge in [-0.15, -0.1) is 0 Å². The first-order chi connectivity index (χ1) is 8.03. The van der Waals surface area contributed by atoms with E-state index in [1.54, 1.807) is 12.3 Å². The van der Waals surface area contributed by atoms with Gasteiger partial charge in [0, 0.05) is 23.7 Å². The van der Waals surface area contributed by atoms with Gasteiger partial charge in [-0.05, 0) is 22.0 Å². The molecular weight excluding hydrogens is 292 g/mol. The molecule has 1 aliphatic heterocycles. The Bertz CT molecular complexity index is 451. The SMILES string of the molecule is O=C(NC1(C(=O)O)CCOC1)c1cc(Br)c[nH]1. The summed E-state index contributed by atoms with van der Waals surface area (Å²) >= 11 is 3.20. The maximum atomic E-state index is 11.8. The second-order valence-corrected chi connectivity index (χ2v) is 4.79. The van der Waals surface area contributed by atoms with Crippen molar-refractivity contribution < 1.29 is 19.4 Å². The highest BCUT2D eigenvalue weighted by atomic mass is 79.9. The number of carbonyl (C=O) groups is 2. The fraction of sp³-hybridized carbons (Fsp3) is 0.400. The van der Waals surface area contributed by atoms with Crippen molar-refractivity contribution in [3.8, 4) is 0 Å². The van der Waals surface area contributed by atoms with E-state index in [4.69, 9.17) is 9.84 Å². The number of carboxylic acid groups (broad SMARTS) is 1. The molecule has 0 aromatic carbocycles. The molecule has 2 heterocycles. The van der Waals surface area contributed by atoms with Gasteiger partial charge < -0.3 is 20.1 Å². The number of hydrogen-bond acceptors (Lipinski definition) is 3. The lowest BCUT2D eigenvalue weighted by Gasteiger charge is -2.23. The molecule has 6 nitrogen and oxygen atoms in total. The third-order valence-corrected chi connectivity index (χ3v) is 3.13. The van der Waals surface area contributed by atoms with Crippen LogP contribution in [0.2, 0.25) is 0 Å². The average molecular weight is 303 g/mol. The minimum Gasteiger partial charge on any atom is -0.479 e. The molecule has 1 aliphatic rings. The highest BCUT2D eigenvalue weighted by molar-refractivity contribution is 9.10. The van der Waals surface area contributed by atoms with Crippen molar-refractivity contribution in [1.82, 2.24) is 10.3 Å². The fourth-order valence-corrected chi connectivity index (χ4v) is 2.01. The van der Waals surface area contributed by atoms with Gasteiger partial charge in [-0.2, -0.15) is 0 Å². The Hall–Kier alpha value is -1.34. The number of amides is 1. The van der Waals surface area contributed by atoms with Crippen molar-refractivity contribution in [2.75, 3.05) is 13.2 Å². The Balaban J connectivity index is 2.14. The van der Waals surface area contributed by atoms with Crippen LogP contribution >= 0.6 is 15.9 Å². The lowest BCUT2D eigenvalue weighted by molar-refractivity contribution is -0.144. The molecule has 1 unspecified atom stereocenters. The summed E-state index contributed by atoms with van der Waals surface area (Å²) in [5.41, 5.74) is -1.00. The van der Waals surface area contributed by atoms with Crippen LogP contribution in [0.15, 0.2) is 16.7 Å². The summed E-state index contributed by atoms with van der Waals surface area (Å²) in [6, 6.07) is 1.58. The predicted octanol–water partition coefficient (Wildman–Crippen LogP) is 0.751. The summed E-state index contributed by atoms with van der Waals surface area (Å²) < 4.78 is 5.78. The maximum Gasteiger partial charge on any atom is 0.331 e. The molecular formula is C10H11BrN2O4. The van der Waals surface area contributed by atoms with E-state index in [0.29, 0.717) is 12.3 Å². The molecule has 0 radical (unpaired) electrons. The van der Waals surface area contributed by atoms with Gasteiger partial charge >= 0.3 is 5.97 Å². The molecule has 1 fully saturated rings. The monoisotopic (exact) mass is 302 g/mol. The van der Waals surface area contributed by atoms with Crippen LogP contribution in [0.3, 0.4) is 0 Å². The molecule has 0 bridgehead atoms. The van der Waals surface area contributed by atoms with Gasteiger partial charge in [0.2, 0.25) is 0 Å². The number of ether oxygens (including phenoxy) is 1. The quantitative estimate of drug-likeness (QED) is 0.768. The van der Waals surface area contributed by atoms with Crippen LogP contribution in [0.4, 0.5) is 0 Å². The van der Waals surface area contributed by atoms with Gasteiger partial charge in [-0.25, -0.2) is 4.79 Å². The van der Waals surface area contributed by atoms with Gasteiger partial charge in [0.25, 0.3) is 5.91 Å². The van der Waals surface area contributed by atoms with Gasteiger partial charge in [-0.3, -0.25) is 4.79 Å². The van der Waals surface area contributed by atoms with E-state index in [1.165, 1.54) is 0 Å². The number of aromatic amines is 1. The van der Waals surface area contributed by atoms with Crippen LogP contribution in [0.25, 0.3) is 0 Å². The Morgan fingerprint density at radius 3 is 2.82 bits per heavy atom. The van der Waals surface area contributed by atoms with Gasteiger partial charge in [0.1, 0.15) is 5.69 Å². The molecule has 7 heteroatoms. The smallest absolute Gasteiger partial charge is 0.331 e. The number of nitrogens with one attached hydrogen (secondary N) is 2. The number of rotatable bonds is 3. The molecule has 0 spiro atoms. The summed E-state index contributed by atoms with van der Waals surface area (Å²) in [7, 11) is 0. The molecule has 92 valence electrons. The van der Waals surface area contributed by atoms with Crippen molar-refractivity contribution in [2.45, 2.75) is 12.0 Å².